The summed E-state index contributed by atoms with van der Waals surface area (Å²) in [4.78, 5) is 26.1. The monoisotopic (exact) mass is 353 g/mol. The molecule has 0 spiro atoms. The van der Waals surface area contributed by atoms with Crippen molar-refractivity contribution < 1.29 is 4.79 Å². The SMILES string of the molecule is CC[C@@H](C)NC(=O)c1cn(CC(C)C)c(=O)c2c1c1ccccc1n2C. The van der Waals surface area contributed by atoms with Crippen molar-refractivity contribution >= 4 is 27.7 Å². The summed E-state index contributed by atoms with van der Waals surface area (Å²) in [5.74, 6) is 0.184. The molecule has 0 saturated carbocycles. The van der Waals surface area contributed by atoms with Gasteiger partial charge in [-0.05, 0) is 25.3 Å². The molecule has 0 saturated heterocycles. The number of carbonyl (C=O) groups excluding carboxylic acids is 1. The molecule has 0 fully saturated rings. The van der Waals surface area contributed by atoms with E-state index in [1.54, 1.807) is 10.8 Å². The van der Waals surface area contributed by atoms with Gasteiger partial charge in [-0.25, -0.2) is 0 Å². The number of fused-ring (bicyclic) bond motifs is 3. The summed E-state index contributed by atoms with van der Waals surface area (Å²) in [5.41, 5.74) is 2.06. The van der Waals surface area contributed by atoms with E-state index < -0.39 is 0 Å². The summed E-state index contributed by atoms with van der Waals surface area (Å²) < 4.78 is 3.58. The first-order chi connectivity index (χ1) is 12.3. The zero-order chi connectivity index (χ0) is 19.0. The van der Waals surface area contributed by atoms with E-state index in [9.17, 15) is 9.59 Å². The predicted molar refractivity (Wildman–Crippen MR) is 107 cm³/mol. The number of aryl methyl sites for hydroxylation is 1. The number of hydrogen-bond donors (Lipinski definition) is 1. The Labute approximate surface area is 153 Å². The Hall–Kier alpha value is -2.56. The highest BCUT2D eigenvalue weighted by Crippen LogP contribution is 2.29. The summed E-state index contributed by atoms with van der Waals surface area (Å²) >= 11 is 0. The van der Waals surface area contributed by atoms with Gasteiger partial charge in [0, 0.05) is 42.1 Å². The van der Waals surface area contributed by atoms with Gasteiger partial charge in [0.2, 0.25) is 0 Å². The van der Waals surface area contributed by atoms with Crippen LogP contribution in [-0.2, 0) is 13.6 Å². The van der Waals surface area contributed by atoms with E-state index in [0.717, 1.165) is 22.7 Å². The van der Waals surface area contributed by atoms with E-state index in [-0.39, 0.29) is 17.5 Å². The van der Waals surface area contributed by atoms with Crippen molar-refractivity contribution in [1.82, 2.24) is 14.5 Å². The van der Waals surface area contributed by atoms with Crippen LogP contribution in [0.4, 0.5) is 0 Å². The van der Waals surface area contributed by atoms with Gasteiger partial charge in [0.1, 0.15) is 5.52 Å². The van der Waals surface area contributed by atoms with Gasteiger partial charge in [-0.1, -0.05) is 39.0 Å². The minimum absolute atomic E-state index is 0.0486. The number of rotatable bonds is 5. The van der Waals surface area contributed by atoms with E-state index in [1.165, 1.54) is 0 Å². The molecule has 26 heavy (non-hydrogen) atoms. The first-order valence-electron chi connectivity index (χ1n) is 9.26. The quantitative estimate of drug-likeness (QED) is 0.761. The van der Waals surface area contributed by atoms with Crippen LogP contribution < -0.4 is 10.9 Å². The average Bonchev–Trinajstić information content (AvgIpc) is 2.90. The molecule has 1 aromatic carbocycles. The van der Waals surface area contributed by atoms with Crippen LogP contribution in [0.15, 0.2) is 35.3 Å². The molecule has 0 aliphatic heterocycles. The lowest BCUT2D eigenvalue weighted by Crippen LogP contribution is -2.34. The zero-order valence-corrected chi connectivity index (χ0v) is 16.2. The number of aromatic nitrogens is 2. The molecule has 0 radical (unpaired) electrons. The Balaban J connectivity index is 2.37. The van der Waals surface area contributed by atoms with E-state index in [2.05, 4.69) is 19.2 Å². The molecule has 0 unspecified atom stereocenters. The van der Waals surface area contributed by atoms with Crippen LogP contribution in [-0.4, -0.2) is 21.1 Å². The van der Waals surface area contributed by atoms with Crippen LogP contribution in [0, 0.1) is 5.92 Å². The van der Waals surface area contributed by atoms with E-state index in [1.807, 2.05) is 49.7 Å². The fourth-order valence-corrected chi connectivity index (χ4v) is 3.44. The third-order valence-corrected chi connectivity index (χ3v) is 4.92. The van der Waals surface area contributed by atoms with Crippen LogP contribution >= 0.6 is 0 Å². The average molecular weight is 353 g/mol. The topological polar surface area (TPSA) is 56.0 Å². The van der Waals surface area contributed by atoms with Gasteiger partial charge in [0.15, 0.2) is 0 Å². The predicted octanol–water partition coefficient (Wildman–Crippen LogP) is 3.68. The number of para-hydroxylation sites is 1. The number of nitrogens with zero attached hydrogens (tertiary/aromatic N) is 2. The maximum Gasteiger partial charge on any atom is 0.275 e. The number of hydrogen-bond acceptors (Lipinski definition) is 2. The molecule has 0 aliphatic carbocycles. The Morgan fingerprint density at radius 3 is 2.54 bits per heavy atom. The van der Waals surface area contributed by atoms with Gasteiger partial charge in [-0.3, -0.25) is 9.59 Å². The molecule has 2 heterocycles. The molecule has 3 aromatic rings. The Kier molecular flexibility index (Phi) is 4.90. The lowest BCUT2D eigenvalue weighted by molar-refractivity contribution is 0.0940. The Morgan fingerprint density at radius 1 is 1.19 bits per heavy atom. The second-order valence-electron chi connectivity index (χ2n) is 7.48. The normalized spacial score (nSPS) is 12.8. The summed E-state index contributed by atoms with van der Waals surface area (Å²) in [6.07, 6.45) is 2.59. The summed E-state index contributed by atoms with van der Waals surface area (Å²) in [5, 5.41) is 4.73. The maximum atomic E-state index is 13.1. The number of nitrogens with one attached hydrogen (secondary N) is 1. The minimum Gasteiger partial charge on any atom is -0.350 e. The van der Waals surface area contributed by atoms with Crippen molar-refractivity contribution in [2.24, 2.45) is 13.0 Å². The van der Waals surface area contributed by atoms with Crippen LogP contribution in [0.3, 0.4) is 0 Å². The summed E-state index contributed by atoms with van der Waals surface area (Å²) in [7, 11) is 1.89. The summed E-state index contributed by atoms with van der Waals surface area (Å²) in [6.45, 7) is 8.74. The largest absolute Gasteiger partial charge is 0.350 e. The highest BCUT2D eigenvalue weighted by atomic mass is 16.2. The van der Waals surface area contributed by atoms with Crippen molar-refractivity contribution in [1.29, 1.82) is 0 Å². The van der Waals surface area contributed by atoms with Gasteiger partial charge < -0.3 is 14.5 Å². The van der Waals surface area contributed by atoms with Crippen LogP contribution in [0.2, 0.25) is 0 Å². The van der Waals surface area contributed by atoms with Crippen molar-refractivity contribution in [3.63, 3.8) is 0 Å². The smallest absolute Gasteiger partial charge is 0.275 e. The van der Waals surface area contributed by atoms with Crippen molar-refractivity contribution in [3.05, 3.63) is 46.4 Å². The molecular formula is C21H27N3O2. The Bertz CT molecular complexity index is 1030. The van der Waals surface area contributed by atoms with Crippen LogP contribution in [0.25, 0.3) is 21.8 Å². The summed E-state index contributed by atoms with van der Waals surface area (Å²) in [6, 6.07) is 7.94. The van der Waals surface area contributed by atoms with Crippen molar-refractivity contribution in [3.8, 4) is 0 Å². The van der Waals surface area contributed by atoms with E-state index >= 15 is 0 Å². The van der Waals surface area contributed by atoms with Gasteiger partial charge in [-0.2, -0.15) is 0 Å². The van der Waals surface area contributed by atoms with E-state index in [4.69, 9.17) is 0 Å². The molecule has 0 bridgehead atoms. The maximum absolute atomic E-state index is 13.1. The minimum atomic E-state index is -0.127. The van der Waals surface area contributed by atoms with Crippen LogP contribution in [0.5, 0.6) is 0 Å². The van der Waals surface area contributed by atoms with Gasteiger partial charge in [0.05, 0.1) is 5.56 Å². The number of carbonyl (C=O) groups is 1. The second-order valence-corrected chi connectivity index (χ2v) is 7.48. The number of pyridine rings is 1. The van der Waals surface area contributed by atoms with E-state index in [0.29, 0.717) is 23.5 Å². The highest BCUT2D eigenvalue weighted by molar-refractivity contribution is 6.17. The third kappa shape index (κ3) is 3.02. The third-order valence-electron chi connectivity index (χ3n) is 4.92. The first kappa shape index (κ1) is 18.2. The van der Waals surface area contributed by atoms with Crippen molar-refractivity contribution in [2.75, 3.05) is 0 Å². The lowest BCUT2D eigenvalue weighted by atomic mass is 10.1. The molecule has 5 nitrogen and oxygen atoms in total. The Morgan fingerprint density at radius 2 is 1.88 bits per heavy atom. The fraction of sp³-hybridized carbons (Fsp3) is 0.429. The van der Waals surface area contributed by atoms with Gasteiger partial charge in [0.25, 0.3) is 11.5 Å². The molecule has 138 valence electrons. The van der Waals surface area contributed by atoms with Crippen molar-refractivity contribution in [2.45, 2.75) is 46.7 Å². The fourth-order valence-electron chi connectivity index (χ4n) is 3.44. The molecule has 1 N–H and O–H groups in total. The van der Waals surface area contributed by atoms with Crippen LogP contribution in [0.1, 0.15) is 44.5 Å². The zero-order valence-electron chi connectivity index (χ0n) is 16.2. The standard InChI is InChI=1S/C21H27N3O2/c1-6-14(4)22-20(25)16-12-24(11-13(2)3)21(26)19-18(16)15-9-7-8-10-17(15)23(19)5/h7-10,12-14H,6,11H2,1-5H3,(H,22,25)/t14-/m1/s1. The second kappa shape index (κ2) is 6.98. The number of amides is 1. The highest BCUT2D eigenvalue weighted by Gasteiger charge is 2.22. The molecule has 2 aromatic heterocycles. The molecule has 1 atom stereocenters. The molecule has 0 aliphatic rings. The molecular weight excluding hydrogens is 326 g/mol. The first-order valence-corrected chi connectivity index (χ1v) is 9.26. The molecule has 1 amide bonds. The number of benzene rings is 1. The molecule has 5 heteroatoms. The lowest BCUT2D eigenvalue weighted by Gasteiger charge is -2.15. The van der Waals surface area contributed by atoms with Gasteiger partial charge >= 0.3 is 0 Å². The van der Waals surface area contributed by atoms with Gasteiger partial charge in [-0.15, -0.1) is 0 Å². The molecule has 3 rings (SSSR count).